The van der Waals surface area contributed by atoms with Crippen LogP contribution in [-0.2, 0) is 11.2 Å². The molecule has 0 spiro atoms. The standard InChI is InChI=1S/C21H23N5O2/c1-2-5-16-15(4-1)22-19(23-16)14-20-24-17-6-3-7-18(21(17)25-20)28-13-10-26-8-11-27-12-9-26/h1-7H,8-14H2,(H,22,23)(H,24,25). The summed E-state index contributed by atoms with van der Waals surface area (Å²) in [5.41, 5.74) is 3.87. The third-order valence-electron chi connectivity index (χ3n) is 5.07. The maximum absolute atomic E-state index is 6.05. The number of nitrogens with zero attached hydrogens (tertiary/aromatic N) is 3. The second kappa shape index (κ2) is 7.61. The van der Waals surface area contributed by atoms with Gasteiger partial charge in [0.05, 0.1) is 36.2 Å². The Balaban J connectivity index is 1.30. The van der Waals surface area contributed by atoms with Crippen molar-refractivity contribution in [2.75, 3.05) is 39.5 Å². The predicted octanol–water partition coefficient (Wildman–Crippen LogP) is 2.74. The van der Waals surface area contributed by atoms with Crippen molar-refractivity contribution in [3.8, 4) is 5.75 Å². The lowest BCUT2D eigenvalue weighted by Crippen LogP contribution is -2.38. The van der Waals surface area contributed by atoms with Gasteiger partial charge < -0.3 is 19.4 Å². The van der Waals surface area contributed by atoms with Gasteiger partial charge >= 0.3 is 0 Å². The van der Waals surface area contributed by atoms with Crippen molar-refractivity contribution < 1.29 is 9.47 Å². The van der Waals surface area contributed by atoms with Crippen LogP contribution in [0, 0.1) is 0 Å². The Morgan fingerprint density at radius 2 is 1.71 bits per heavy atom. The second-order valence-corrected chi connectivity index (χ2v) is 7.02. The van der Waals surface area contributed by atoms with E-state index in [2.05, 4.69) is 19.9 Å². The summed E-state index contributed by atoms with van der Waals surface area (Å²) < 4.78 is 11.4. The fraction of sp³-hybridized carbons (Fsp3) is 0.333. The van der Waals surface area contributed by atoms with Crippen molar-refractivity contribution in [3.05, 3.63) is 54.1 Å². The average molecular weight is 377 g/mol. The summed E-state index contributed by atoms with van der Waals surface area (Å²) in [6.07, 6.45) is 0.622. The monoisotopic (exact) mass is 377 g/mol. The minimum Gasteiger partial charge on any atom is -0.490 e. The fourth-order valence-electron chi connectivity index (χ4n) is 3.61. The second-order valence-electron chi connectivity index (χ2n) is 7.02. The molecule has 0 bridgehead atoms. The summed E-state index contributed by atoms with van der Waals surface area (Å²) in [4.78, 5) is 18.5. The van der Waals surface area contributed by atoms with Crippen molar-refractivity contribution in [2.24, 2.45) is 0 Å². The van der Waals surface area contributed by atoms with Crippen LogP contribution < -0.4 is 4.74 Å². The third kappa shape index (κ3) is 3.58. The number of hydrogen-bond acceptors (Lipinski definition) is 5. The molecular weight excluding hydrogens is 354 g/mol. The lowest BCUT2D eigenvalue weighted by molar-refractivity contribution is 0.0323. The molecule has 0 unspecified atom stereocenters. The number of morpholine rings is 1. The Bertz CT molecular complexity index is 1050. The van der Waals surface area contributed by atoms with E-state index < -0.39 is 0 Å². The Hall–Kier alpha value is -2.90. The summed E-state index contributed by atoms with van der Waals surface area (Å²) >= 11 is 0. The van der Waals surface area contributed by atoms with E-state index in [0.29, 0.717) is 13.0 Å². The number of rotatable bonds is 6. The van der Waals surface area contributed by atoms with Crippen LogP contribution in [0.2, 0.25) is 0 Å². The number of imidazole rings is 2. The molecule has 1 fully saturated rings. The minimum atomic E-state index is 0.622. The summed E-state index contributed by atoms with van der Waals surface area (Å²) in [6, 6.07) is 14.0. The van der Waals surface area contributed by atoms with Crippen LogP contribution in [0.15, 0.2) is 42.5 Å². The maximum Gasteiger partial charge on any atom is 0.147 e. The van der Waals surface area contributed by atoms with Gasteiger partial charge in [-0.1, -0.05) is 18.2 Å². The van der Waals surface area contributed by atoms with Crippen LogP contribution in [0.3, 0.4) is 0 Å². The first kappa shape index (κ1) is 17.2. The first-order valence-electron chi connectivity index (χ1n) is 9.69. The molecule has 1 aliphatic heterocycles. The van der Waals surface area contributed by atoms with Gasteiger partial charge in [0.2, 0.25) is 0 Å². The number of para-hydroxylation sites is 3. The SMILES string of the molecule is c1ccc2[nH]c(Cc3nc4c(OCCN5CCOCC5)cccc4[nH]3)nc2c1. The Kier molecular flexibility index (Phi) is 4.68. The van der Waals surface area contributed by atoms with Crippen LogP contribution >= 0.6 is 0 Å². The lowest BCUT2D eigenvalue weighted by atomic mass is 10.3. The summed E-state index contributed by atoms with van der Waals surface area (Å²) in [5, 5.41) is 0. The predicted molar refractivity (Wildman–Crippen MR) is 108 cm³/mol. The fourth-order valence-corrected chi connectivity index (χ4v) is 3.61. The molecule has 2 N–H and O–H groups in total. The van der Waals surface area contributed by atoms with Crippen molar-refractivity contribution >= 4 is 22.1 Å². The highest BCUT2D eigenvalue weighted by Gasteiger charge is 2.13. The molecule has 1 aliphatic rings. The number of aromatic nitrogens is 4. The molecule has 4 aromatic rings. The highest BCUT2D eigenvalue weighted by atomic mass is 16.5. The van der Waals surface area contributed by atoms with E-state index in [1.807, 2.05) is 42.5 Å². The molecule has 5 rings (SSSR count). The summed E-state index contributed by atoms with van der Waals surface area (Å²) in [7, 11) is 0. The molecule has 3 heterocycles. The number of ether oxygens (including phenoxy) is 2. The van der Waals surface area contributed by atoms with Gasteiger partial charge in [-0.25, -0.2) is 9.97 Å². The lowest BCUT2D eigenvalue weighted by Gasteiger charge is -2.26. The zero-order valence-electron chi connectivity index (χ0n) is 15.6. The van der Waals surface area contributed by atoms with Gasteiger partial charge in [-0.05, 0) is 24.3 Å². The van der Waals surface area contributed by atoms with Crippen molar-refractivity contribution in [3.63, 3.8) is 0 Å². The van der Waals surface area contributed by atoms with Gasteiger partial charge in [-0.15, -0.1) is 0 Å². The summed E-state index contributed by atoms with van der Waals surface area (Å²) in [6.45, 7) is 5.09. The number of nitrogens with one attached hydrogen (secondary N) is 2. The molecule has 144 valence electrons. The van der Waals surface area contributed by atoms with Gasteiger partial charge in [-0.2, -0.15) is 0 Å². The Morgan fingerprint density at radius 1 is 0.929 bits per heavy atom. The van der Waals surface area contributed by atoms with E-state index in [-0.39, 0.29) is 0 Å². The normalized spacial score (nSPS) is 15.4. The molecule has 28 heavy (non-hydrogen) atoms. The smallest absolute Gasteiger partial charge is 0.147 e. The molecule has 2 aromatic heterocycles. The van der Waals surface area contributed by atoms with Crippen molar-refractivity contribution in [2.45, 2.75) is 6.42 Å². The van der Waals surface area contributed by atoms with E-state index in [1.54, 1.807) is 0 Å². The topological polar surface area (TPSA) is 79.1 Å². The molecule has 7 heteroatoms. The van der Waals surface area contributed by atoms with E-state index >= 15 is 0 Å². The number of H-pyrrole nitrogens is 2. The van der Waals surface area contributed by atoms with Crippen LogP contribution in [0.4, 0.5) is 0 Å². The Labute approximate surface area is 162 Å². The molecular formula is C21H23N5O2. The van der Waals surface area contributed by atoms with Gasteiger partial charge in [0, 0.05) is 19.6 Å². The van der Waals surface area contributed by atoms with E-state index in [1.165, 1.54) is 0 Å². The van der Waals surface area contributed by atoms with Crippen LogP contribution in [0.5, 0.6) is 5.75 Å². The van der Waals surface area contributed by atoms with E-state index in [9.17, 15) is 0 Å². The number of fused-ring (bicyclic) bond motifs is 2. The molecule has 0 atom stereocenters. The molecule has 0 amide bonds. The minimum absolute atomic E-state index is 0.622. The number of aromatic amines is 2. The van der Waals surface area contributed by atoms with Gasteiger partial charge in [0.25, 0.3) is 0 Å². The van der Waals surface area contributed by atoms with Gasteiger partial charge in [0.15, 0.2) is 0 Å². The first-order chi connectivity index (χ1) is 13.8. The van der Waals surface area contributed by atoms with E-state index in [0.717, 1.165) is 72.3 Å². The molecule has 1 saturated heterocycles. The first-order valence-corrected chi connectivity index (χ1v) is 9.69. The largest absolute Gasteiger partial charge is 0.490 e. The number of benzene rings is 2. The van der Waals surface area contributed by atoms with Crippen LogP contribution in [0.1, 0.15) is 11.6 Å². The van der Waals surface area contributed by atoms with Gasteiger partial charge in [0.1, 0.15) is 29.5 Å². The molecule has 0 radical (unpaired) electrons. The molecule has 0 aliphatic carbocycles. The Morgan fingerprint density at radius 3 is 2.61 bits per heavy atom. The quantitative estimate of drug-likeness (QED) is 0.540. The summed E-state index contributed by atoms with van der Waals surface area (Å²) in [5.74, 6) is 2.59. The zero-order chi connectivity index (χ0) is 18.8. The average Bonchev–Trinajstić information content (AvgIpc) is 3.32. The van der Waals surface area contributed by atoms with Crippen molar-refractivity contribution in [1.29, 1.82) is 0 Å². The van der Waals surface area contributed by atoms with Crippen molar-refractivity contribution in [1.82, 2.24) is 24.8 Å². The highest BCUT2D eigenvalue weighted by Crippen LogP contribution is 2.24. The van der Waals surface area contributed by atoms with Crippen LogP contribution in [0.25, 0.3) is 22.1 Å². The van der Waals surface area contributed by atoms with Crippen LogP contribution in [-0.4, -0.2) is 64.3 Å². The molecule has 0 saturated carbocycles. The zero-order valence-corrected chi connectivity index (χ0v) is 15.6. The maximum atomic E-state index is 6.05. The molecule has 2 aromatic carbocycles. The van der Waals surface area contributed by atoms with E-state index in [4.69, 9.17) is 14.5 Å². The molecule has 7 nitrogen and oxygen atoms in total. The highest BCUT2D eigenvalue weighted by molar-refractivity contribution is 5.82. The van der Waals surface area contributed by atoms with Gasteiger partial charge in [-0.3, -0.25) is 4.90 Å². The third-order valence-corrected chi connectivity index (χ3v) is 5.07. The number of hydrogen-bond donors (Lipinski definition) is 2.